The predicted octanol–water partition coefficient (Wildman–Crippen LogP) is 5.84. The summed E-state index contributed by atoms with van der Waals surface area (Å²) in [5.74, 6) is 0.444. The van der Waals surface area contributed by atoms with Crippen LogP contribution in [0.5, 0.6) is 5.75 Å². The number of ether oxygens (including phenoxy) is 1. The zero-order valence-electron chi connectivity index (χ0n) is 15.9. The minimum absolute atomic E-state index is 0.181. The first-order valence-electron chi connectivity index (χ1n) is 8.97. The molecule has 0 unspecified atom stereocenters. The van der Waals surface area contributed by atoms with E-state index in [-0.39, 0.29) is 5.91 Å². The van der Waals surface area contributed by atoms with Crippen LogP contribution in [0, 0.1) is 13.8 Å². The average Bonchev–Trinajstić information content (AvgIpc) is 3.22. The first kappa shape index (κ1) is 18.2. The van der Waals surface area contributed by atoms with Crippen LogP contribution in [0.4, 0.5) is 5.69 Å². The van der Waals surface area contributed by atoms with Crippen molar-refractivity contribution in [1.82, 2.24) is 4.98 Å². The number of thiophene rings is 1. The molecule has 4 nitrogen and oxygen atoms in total. The maximum absolute atomic E-state index is 13.2. The molecule has 28 heavy (non-hydrogen) atoms. The van der Waals surface area contributed by atoms with Gasteiger partial charge in [0.05, 0.1) is 34.4 Å². The summed E-state index contributed by atoms with van der Waals surface area (Å²) in [6.07, 6.45) is 0. The van der Waals surface area contributed by atoms with Crippen LogP contribution in [0.1, 0.15) is 21.5 Å². The fraction of sp³-hybridized carbons (Fsp3) is 0.130. The highest BCUT2D eigenvalue weighted by atomic mass is 32.1. The number of anilines is 1. The molecule has 0 bridgehead atoms. The summed E-state index contributed by atoms with van der Waals surface area (Å²) in [4.78, 5) is 19.1. The molecule has 1 N–H and O–H groups in total. The number of benzene rings is 2. The number of para-hydroxylation sites is 2. The smallest absolute Gasteiger partial charge is 0.256 e. The lowest BCUT2D eigenvalue weighted by Gasteiger charge is -2.14. The van der Waals surface area contributed by atoms with Gasteiger partial charge in [-0.15, -0.1) is 11.3 Å². The Kier molecular flexibility index (Phi) is 4.84. The molecule has 0 spiro atoms. The first-order valence-corrected chi connectivity index (χ1v) is 9.85. The molecule has 0 aliphatic heterocycles. The summed E-state index contributed by atoms with van der Waals surface area (Å²) in [7, 11) is 1.59. The zero-order valence-corrected chi connectivity index (χ0v) is 16.8. The fourth-order valence-corrected chi connectivity index (χ4v) is 4.04. The Bertz CT molecular complexity index is 1170. The van der Waals surface area contributed by atoms with Crippen LogP contribution in [-0.4, -0.2) is 18.0 Å². The normalized spacial score (nSPS) is 10.8. The van der Waals surface area contributed by atoms with Crippen molar-refractivity contribution >= 4 is 33.8 Å². The van der Waals surface area contributed by atoms with Gasteiger partial charge in [-0.25, -0.2) is 4.98 Å². The van der Waals surface area contributed by atoms with Crippen molar-refractivity contribution in [3.8, 4) is 16.3 Å². The van der Waals surface area contributed by atoms with Crippen molar-refractivity contribution in [2.75, 3.05) is 12.4 Å². The van der Waals surface area contributed by atoms with Crippen LogP contribution in [0.25, 0.3) is 21.5 Å². The Labute approximate surface area is 167 Å². The highest BCUT2D eigenvalue weighted by Gasteiger charge is 2.17. The molecule has 0 saturated heterocycles. The summed E-state index contributed by atoms with van der Waals surface area (Å²) in [6, 6.07) is 17.4. The second-order valence-electron chi connectivity index (χ2n) is 6.66. The van der Waals surface area contributed by atoms with E-state index in [1.165, 1.54) is 0 Å². The number of hydrogen-bond acceptors (Lipinski definition) is 4. The third-order valence-corrected chi connectivity index (χ3v) is 5.51. The second-order valence-corrected chi connectivity index (χ2v) is 7.61. The molecule has 0 atom stereocenters. The number of carbonyl (C=O) groups excluding carboxylic acids is 1. The molecule has 2 aromatic heterocycles. The minimum atomic E-state index is -0.181. The van der Waals surface area contributed by atoms with Gasteiger partial charge in [0.25, 0.3) is 5.91 Å². The Morgan fingerprint density at radius 2 is 1.89 bits per heavy atom. The topological polar surface area (TPSA) is 51.2 Å². The van der Waals surface area contributed by atoms with Gasteiger partial charge in [-0.05, 0) is 55.1 Å². The molecule has 0 saturated carbocycles. The Hall–Kier alpha value is -3.18. The molecule has 2 heterocycles. The van der Waals surface area contributed by atoms with E-state index >= 15 is 0 Å². The number of nitrogens with one attached hydrogen (secondary N) is 1. The molecule has 4 rings (SSSR count). The molecule has 4 aromatic rings. The van der Waals surface area contributed by atoms with E-state index in [9.17, 15) is 4.79 Å². The van der Waals surface area contributed by atoms with Crippen LogP contribution in [0.2, 0.25) is 0 Å². The number of carbonyl (C=O) groups is 1. The quantitative estimate of drug-likeness (QED) is 0.478. The average molecular weight is 388 g/mol. The maximum atomic E-state index is 13.2. The van der Waals surface area contributed by atoms with Crippen LogP contribution in [0.3, 0.4) is 0 Å². The molecule has 0 aliphatic carbocycles. The molecular formula is C23H20N2O2S. The van der Waals surface area contributed by atoms with Gasteiger partial charge in [-0.1, -0.05) is 29.8 Å². The molecule has 5 heteroatoms. The number of rotatable bonds is 4. The maximum Gasteiger partial charge on any atom is 0.256 e. The van der Waals surface area contributed by atoms with Crippen molar-refractivity contribution in [2.24, 2.45) is 0 Å². The van der Waals surface area contributed by atoms with Crippen molar-refractivity contribution in [3.63, 3.8) is 0 Å². The molecule has 0 radical (unpaired) electrons. The van der Waals surface area contributed by atoms with Crippen LogP contribution in [-0.2, 0) is 0 Å². The predicted molar refractivity (Wildman–Crippen MR) is 115 cm³/mol. The van der Waals surface area contributed by atoms with E-state index in [1.54, 1.807) is 18.4 Å². The number of methoxy groups -OCH3 is 1. The summed E-state index contributed by atoms with van der Waals surface area (Å²) in [6.45, 7) is 4.06. The van der Waals surface area contributed by atoms with Crippen molar-refractivity contribution in [2.45, 2.75) is 13.8 Å². The summed E-state index contributed by atoms with van der Waals surface area (Å²) < 4.78 is 5.37. The van der Waals surface area contributed by atoms with E-state index < -0.39 is 0 Å². The van der Waals surface area contributed by atoms with Crippen molar-refractivity contribution in [3.05, 3.63) is 76.7 Å². The fourth-order valence-electron chi connectivity index (χ4n) is 3.36. The standard InChI is InChI=1S/C23H20N2O2S/c1-14-11-15(2)22-16(12-14)17(13-19(24-22)21-9-6-10-28-21)23(26)25-18-7-4-5-8-20(18)27-3/h4-13H,1-3H3,(H,25,26). The summed E-state index contributed by atoms with van der Waals surface area (Å²) in [5, 5.41) is 5.86. The number of fused-ring (bicyclic) bond motifs is 1. The summed E-state index contributed by atoms with van der Waals surface area (Å²) in [5.41, 5.74) is 5.05. The van der Waals surface area contributed by atoms with Crippen LogP contribution in [0.15, 0.2) is 60.0 Å². The minimum Gasteiger partial charge on any atom is -0.495 e. The Morgan fingerprint density at radius 1 is 1.07 bits per heavy atom. The van der Waals surface area contributed by atoms with E-state index in [0.29, 0.717) is 17.0 Å². The molecule has 2 aromatic carbocycles. The largest absolute Gasteiger partial charge is 0.495 e. The zero-order chi connectivity index (χ0) is 19.7. The van der Waals surface area contributed by atoms with E-state index in [4.69, 9.17) is 9.72 Å². The van der Waals surface area contributed by atoms with Gasteiger partial charge in [-0.3, -0.25) is 4.79 Å². The van der Waals surface area contributed by atoms with Gasteiger partial charge in [0.15, 0.2) is 0 Å². The van der Waals surface area contributed by atoms with E-state index in [0.717, 1.165) is 32.6 Å². The number of pyridine rings is 1. The number of hydrogen-bond donors (Lipinski definition) is 1. The van der Waals surface area contributed by atoms with Gasteiger partial charge < -0.3 is 10.1 Å². The first-order chi connectivity index (χ1) is 13.6. The van der Waals surface area contributed by atoms with Crippen LogP contribution < -0.4 is 10.1 Å². The Balaban J connectivity index is 1.88. The number of nitrogens with zero attached hydrogens (tertiary/aromatic N) is 1. The molecule has 0 fully saturated rings. The van der Waals surface area contributed by atoms with Crippen molar-refractivity contribution < 1.29 is 9.53 Å². The van der Waals surface area contributed by atoms with E-state index in [1.807, 2.05) is 67.8 Å². The molecule has 140 valence electrons. The third kappa shape index (κ3) is 3.37. The van der Waals surface area contributed by atoms with Gasteiger partial charge in [0.1, 0.15) is 5.75 Å². The number of aromatic nitrogens is 1. The number of amides is 1. The SMILES string of the molecule is COc1ccccc1NC(=O)c1cc(-c2cccs2)nc2c(C)cc(C)cc12. The van der Waals surface area contributed by atoms with Crippen LogP contribution >= 0.6 is 11.3 Å². The van der Waals surface area contributed by atoms with E-state index in [2.05, 4.69) is 11.4 Å². The monoisotopic (exact) mass is 388 g/mol. The third-order valence-electron chi connectivity index (χ3n) is 4.62. The Morgan fingerprint density at radius 3 is 2.64 bits per heavy atom. The summed E-state index contributed by atoms with van der Waals surface area (Å²) >= 11 is 1.61. The molecule has 1 amide bonds. The lowest BCUT2D eigenvalue weighted by molar-refractivity contribution is 0.102. The molecule has 0 aliphatic rings. The lowest BCUT2D eigenvalue weighted by atomic mass is 10.0. The second kappa shape index (κ2) is 7.44. The van der Waals surface area contributed by atoms with Gasteiger partial charge in [0, 0.05) is 5.39 Å². The molecular weight excluding hydrogens is 368 g/mol. The number of aryl methyl sites for hydroxylation is 2. The van der Waals surface area contributed by atoms with Crippen molar-refractivity contribution in [1.29, 1.82) is 0 Å². The van der Waals surface area contributed by atoms with Gasteiger partial charge >= 0.3 is 0 Å². The van der Waals surface area contributed by atoms with Gasteiger partial charge in [0.2, 0.25) is 0 Å². The van der Waals surface area contributed by atoms with Gasteiger partial charge in [-0.2, -0.15) is 0 Å². The highest BCUT2D eigenvalue weighted by molar-refractivity contribution is 7.13. The lowest BCUT2D eigenvalue weighted by Crippen LogP contribution is -2.14. The highest BCUT2D eigenvalue weighted by Crippen LogP contribution is 2.31.